The van der Waals surface area contributed by atoms with Crippen LogP contribution in [0.5, 0.6) is 11.5 Å². The van der Waals surface area contributed by atoms with E-state index in [1.54, 1.807) is 30.3 Å². The van der Waals surface area contributed by atoms with Crippen molar-refractivity contribution in [1.29, 1.82) is 0 Å². The summed E-state index contributed by atoms with van der Waals surface area (Å²) in [5, 5.41) is 2.80. The van der Waals surface area contributed by atoms with Gasteiger partial charge in [0.15, 0.2) is 17.3 Å². The summed E-state index contributed by atoms with van der Waals surface area (Å²) in [5.74, 6) is 0.138. The zero-order valence-electron chi connectivity index (χ0n) is 15.4. The van der Waals surface area contributed by atoms with Crippen LogP contribution in [0, 0.1) is 5.82 Å². The first-order valence-electron chi connectivity index (χ1n) is 9.18. The highest BCUT2D eigenvalue weighted by atomic mass is 19.1. The quantitative estimate of drug-likeness (QED) is 0.675. The smallest absolute Gasteiger partial charge is 0.252 e. The predicted molar refractivity (Wildman–Crippen MR) is 105 cm³/mol. The first-order valence-corrected chi connectivity index (χ1v) is 9.18. The molecule has 0 bridgehead atoms. The topological polar surface area (TPSA) is 64.6 Å². The Hall–Kier alpha value is -3.67. The summed E-state index contributed by atoms with van der Waals surface area (Å²) >= 11 is 0. The van der Waals surface area contributed by atoms with Crippen molar-refractivity contribution in [2.45, 2.75) is 6.10 Å². The van der Waals surface area contributed by atoms with Gasteiger partial charge in [-0.05, 0) is 42.5 Å². The fourth-order valence-corrected chi connectivity index (χ4v) is 3.10. The lowest BCUT2D eigenvalue weighted by atomic mass is 9.98. The molecule has 1 aliphatic rings. The Bertz CT molecular complexity index is 1050. The van der Waals surface area contributed by atoms with Gasteiger partial charge >= 0.3 is 0 Å². The SMILES string of the molecule is O=C(NCC1COc2ccccc2O1)c1ccccc1C(=O)c1ccc(F)cc1. The molecule has 29 heavy (non-hydrogen) atoms. The van der Waals surface area contributed by atoms with Gasteiger partial charge in [0.05, 0.1) is 12.1 Å². The van der Waals surface area contributed by atoms with Gasteiger partial charge in [-0.15, -0.1) is 0 Å². The van der Waals surface area contributed by atoms with Crippen molar-refractivity contribution < 1.29 is 23.5 Å². The standard InChI is InChI=1S/C23H18FNO4/c24-16-11-9-15(10-12-16)22(26)18-5-1-2-6-19(18)23(27)25-13-17-14-28-20-7-3-4-8-21(20)29-17/h1-12,17H,13-14H2,(H,25,27). The van der Waals surface area contributed by atoms with Crippen LogP contribution in [0.15, 0.2) is 72.8 Å². The summed E-state index contributed by atoms with van der Waals surface area (Å²) in [6, 6.07) is 19.1. The Morgan fingerprint density at radius 1 is 0.897 bits per heavy atom. The maximum Gasteiger partial charge on any atom is 0.252 e. The minimum absolute atomic E-state index is 0.228. The normalized spacial score (nSPS) is 14.9. The largest absolute Gasteiger partial charge is 0.486 e. The summed E-state index contributed by atoms with van der Waals surface area (Å²) < 4.78 is 24.6. The molecule has 1 unspecified atom stereocenters. The van der Waals surface area contributed by atoms with Crippen LogP contribution in [0.2, 0.25) is 0 Å². The first-order chi connectivity index (χ1) is 14.1. The third kappa shape index (κ3) is 4.11. The van der Waals surface area contributed by atoms with E-state index in [9.17, 15) is 14.0 Å². The molecule has 1 N–H and O–H groups in total. The average molecular weight is 391 g/mol. The van der Waals surface area contributed by atoms with Crippen molar-refractivity contribution in [2.24, 2.45) is 0 Å². The van der Waals surface area contributed by atoms with Crippen LogP contribution in [0.3, 0.4) is 0 Å². The van der Waals surface area contributed by atoms with Crippen molar-refractivity contribution in [3.8, 4) is 11.5 Å². The van der Waals surface area contributed by atoms with E-state index < -0.39 is 11.7 Å². The molecule has 1 atom stereocenters. The van der Waals surface area contributed by atoms with E-state index >= 15 is 0 Å². The molecular formula is C23H18FNO4. The Morgan fingerprint density at radius 3 is 2.31 bits per heavy atom. The zero-order valence-corrected chi connectivity index (χ0v) is 15.4. The van der Waals surface area contributed by atoms with Gasteiger partial charge in [-0.3, -0.25) is 9.59 Å². The van der Waals surface area contributed by atoms with E-state index in [-0.39, 0.29) is 29.6 Å². The highest BCUT2D eigenvalue weighted by Gasteiger charge is 2.23. The summed E-state index contributed by atoms with van der Waals surface area (Å²) in [6.07, 6.45) is -0.339. The van der Waals surface area contributed by atoms with E-state index in [0.717, 1.165) is 0 Å². The molecule has 4 rings (SSSR count). The molecule has 6 heteroatoms. The monoisotopic (exact) mass is 391 g/mol. The molecule has 0 spiro atoms. The number of carbonyl (C=O) groups excluding carboxylic acids is 2. The van der Waals surface area contributed by atoms with Gasteiger partial charge in [-0.1, -0.05) is 30.3 Å². The molecule has 0 radical (unpaired) electrons. The van der Waals surface area contributed by atoms with Gasteiger partial charge in [-0.2, -0.15) is 0 Å². The van der Waals surface area contributed by atoms with Crippen LogP contribution in [-0.4, -0.2) is 30.9 Å². The molecule has 0 aliphatic carbocycles. The van der Waals surface area contributed by atoms with E-state index in [1.807, 2.05) is 18.2 Å². The first kappa shape index (κ1) is 18.7. The van der Waals surface area contributed by atoms with Crippen LogP contribution in [-0.2, 0) is 0 Å². The number of nitrogens with one attached hydrogen (secondary N) is 1. The molecule has 3 aromatic rings. The van der Waals surface area contributed by atoms with Crippen LogP contribution < -0.4 is 14.8 Å². The number of para-hydroxylation sites is 2. The number of amides is 1. The molecule has 146 valence electrons. The molecule has 0 fully saturated rings. The van der Waals surface area contributed by atoms with E-state index in [0.29, 0.717) is 23.7 Å². The molecule has 1 aliphatic heterocycles. The van der Waals surface area contributed by atoms with Crippen molar-refractivity contribution in [2.75, 3.05) is 13.2 Å². The van der Waals surface area contributed by atoms with Gasteiger partial charge in [0.25, 0.3) is 5.91 Å². The van der Waals surface area contributed by atoms with Crippen molar-refractivity contribution in [3.05, 3.63) is 95.3 Å². The minimum atomic E-state index is -0.427. The molecule has 5 nitrogen and oxygen atoms in total. The van der Waals surface area contributed by atoms with Gasteiger partial charge in [-0.25, -0.2) is 4.39 Å². The average Bonchev–Trinajstić information content (AvgIpc) is 2.77. The van der Waals surface area contributed by atoms with Crippen LogP contribution in [0.1, 0.15) is 26.3 Å². The number of hydrogen-bond donors (Lipinski definition) is 1. The van der Waals surface area contributed by atoms with Gasteiger partial charge in [0.1, 0.15) is 18.5 Å². The number of carbonyl (C=O) groups is 2. The highest BCUT2D eigenvalue weighted by molar-refractivity contribution is 6.15. The van der Waals surface area contributed by atoms with Crippen molar-refractivity contribution in [1.82, 2.24) is 5.32 Å². The third-order valence-corrected chi connectivity index (χ3v) is 4.58. The summed E-state index contributed by atoms with van der Waals surface area (Å²) in [7, 11) is 0. The fraction of sp³-hybridized carbons (Fsp3) is 0.130. The van der Waals surface area contributed by atoms with Crippen LogP contribution in [0.4, 0.5) is 4.39 Å². The maximum atomic E-state index is 13.1. The lowest BCUT2D eigenvalue weighted by Gasteiger charge is -2.26. The van der Waals surface area contributed by atoms with Gasteiger partial charge in [0.2, 0.25) is 0 Å². The number of rotatable bonds is 5. The second kappa shape index (κ2) is 8.14. The molecule has 3 aromatic carbocycles. The summed E-state index contributed by atoms with van der Waals surface area (Å²) in [5.41, 5.74) is 0.814. The van der Waals surface area contributed by atoms with Gasteiger partial charge in [0, 0.05) is 11.1 Å². The molecule has 1 heterocycles. The Morgan fingerprint density at radius 2 is 1.55 bits per heavy atom. The van der Waals surface area contributed by atoms with E-state index in [4.69, 9.17) is 9.47 Å². The Kier molecular flexibility index (Phi) is 5.24. The lowest BCUT2D eigenvalue weighted by Crippen LogP contribution is -2.41. The highest BCUT2D eigenvalue weighted by Crippen LogP contribution is 2.30. The fourth-order valence-electron chi connectivity index (χ4n) is 3.10. The van der Waals surface area contributed by atoms with Crippen LogP contribution in [0.25, 0.3) is 0 Å². The number of ketones is 1. The number of hydrogen-bond acceptors (Lipinski definition) is 4. The lowest BCUT2D eigenvalue weighted by molar-refractivity contribution is 0.0787. The van der Waals surface area contributed by atoms with Crippen LogP contribution >= 0.6 is 0 Å². The molecule has 1 amide bonds. The third-order valence-electron chi connectivity index (χ3n) is 4.58. The number of fused-ring (bicyclic) bond motifs is 1. The van der Waals surface area contributed by atoms with E-state index in [1.165, 1.54) is 24.3 Å². The predicted octanol–water partition coefficient (Wildman–Crippen LogP) is 3.63. The molecule has 0 saturated carbocycles. The second-order valence-corrected chi connectivity index (χ2v) is 6.59. The molecule has 0 aromatic heterocycles. The molecular weight excluding hydrogens is 373 g/mol. The minimum Gasteiger partial charge on any atom is -0.486 e. The molecule has 0 saturated heterocycles. The van der Waals surface area contributed by atoms with Crippen molar-refractivity contribution >= 4 is 11.7 Å². The van der Waals surface area contributed by atoms with E-state index in [2.05, 4.69) is 5.32 Å². The summed E-state index contributed by atoms with van der Waals surface area (Å²) in [4.78, 5) is 25.5. The number of ether oxygens (including phenoxy) is 2. The number of benzene rings is 3. The summed E-state index contributed by atoms with van der Waals surface area (Å²) in [6.45, 7) is 0.541. The number of halogens is 1. The Labute approximate surface area is 167 Å². The zero-order chi connectivity index (χ0) is 20.2. The Balaban J connectivity index is 1.46. The van der Waals surface area contributed by atoms with Gasteiger partial charge < -0.3 is 14.8 Å². The maximum absolute atomic E-state index is 13.1. The van der Waals surface area contributed by atoms with Crippen molar-refractivity contribution in [3.63, 3.8) is 0 Å². The second-order valence-electron chi connectivity index (χ2n) is 6.59.